The molecule has 0 spiro atoms. The standard InChI is InChI=1S/C12H23N5O/c1-5-9(6-2)14-11-15-10(13-7-3)16-12(17-11)18-8-4/h9H,5-8H2,1-4H3,(H2,13,14,15,16,17). The molecule has 0 radical (unpaired) electrons. The maximum Gasteiger partial charge on any atom is 0.323 e. The van der Waals surface area contributed by atoms with E-state index in [1.165, 1.54) is 0 Å². The summed E-state index contributed by atoms with van der Waals surface area (Å²) in [7, 11) is 0. The van der Waals surface area contributed by atoms with Gasteiger partial charge in [-0.1, -0.05) is 13.8 Å². The van der Waals surface area contributed by atoms with Crippen LogP contribution in [0.15, 0.2) is 0 Å². The number of hydrogen-bond acceptors (Lipinski definition) is 6. The molecule has 0 amide bonds. The molecule has 6 heteroatoms. The van der Waals surface area contributed by atoms with E-state index >= 15 is 0 Å². The van der Waals surface area contributed by atoms with Crippen molar-refractivity contribution >= 4 is 11.9 Å². The van der Waals surface area contributed by atoms with Crippen molar-refractivity contribution in [2.24, 2.45) is 0 Å². The van der Waals surface area contributed by atoms with Crippen molar-refractivity contribution in [2.75, 3.05) is 23.8 Å². The van der Waals surface area contributed by atoms with Crippen molar-refractivity contribution in [1.29, 1.82) is 0 Å². The summed E-state index contributed by atoms with van der Waals surface area (Å²) in [5.74, 6) is 1.11. The van der Waals surface area contributed by atoms with Crippen molar-refractivity contribution < 1.29 is 4.74 Å². The number of hydrogen-bond donors (Lipinski definition) is 2. The van der Waals surface area contributed by atoms with E-state index in [0.29, 0.717) is 30.6 Å². The molecule has 0 atom stereocenters. The first kappa shape index (κ1) is 14.5. The summed E-state index contributed by atoms with van der Waals surface area (Å²) < 4.78 is 5.34. The van der Waals surface area contributed by atoms with Crippen LogP contribution in [-0.4, -0.2) is 34.1 Å². The first-order valence-corrected chi connectivity index (χ1v) is 6.62. The van der Waals surface area contributed by atoms with E-state index in [1.807, 2.05) is 13.8 Å². The number of rotatable bonds is 8. The minimum atomic E-state index is 0.358. The molecule has 0 unspecified atom stereocenters. The first-order chi connectivity index (χ1) is 8.73. The summed E-state index contributed by atoms with van der Waals surface area (Å²) in [6.07, 6.45) is 2.06. The number of nitrogens with one attached hydrogen (secondary N) is 2. The second kappa shape index (κ2) is 7.68. The topological polar surface area (TPSA) is 72.0 Å². The van der Waals surface area contributed by atoms with Gasteiger partial charge in [0, 0.05) is 12.6 Å². The molecule has 6 nitrogen and oxygen atoms in total. The van der Waals surface area contributed by atoms with Crippen molar-refractivity contribution in [3.8, 4) is 6.01 Å². The van der Waals surface area contributed by atoms with Crippen LogP contribution in [0, 0.1) is 0 Å². The molecule has 1 heterocycles. The lowest BCUT2D eigenvalue weighted by Crippen LogP contribution is -2.20. The Morgan fingerprint density at radius 1 is 1.00 bits per heavy atom. The Balaban J connectivity index is 2.87. The van der Waals surface area contributed by atoms with Gasteiger partial charge >= 0.3 is 6.01 Å². The highest BCUT2D eigenvalue weighted by atomic mass is 16.5. The Labute approximate surface area is 109 Å². The lowest BCUT2D eigenvalue weighted by Gasteiger charge is -2.15. The highest BCUT2D eigenvalue weighted by molar-refractivity contribution is 5.36. The molecule has 1 aromatic heterocycles. The number of nitrogens with zero attached hydrogens (tertiary/aromatic N) is 3. The molecule has 1 aromatic rings. The minimum Gasteiger partial charge on any atom is -0.464 e. The largest absolute Gasteiger partial charge is 0.464 e. The van der Waals surface area contributed by atoms with Crippen molar-refractivity contribution in [3.05, 3.63) is 0 Å². The fraction of sp³-hybridized carbons (Fsp3) is 0.750. The molecule has 1 rings (SSSR count). The summed E-state index contributed by atoms with van der Waals surface area (Å²) in [5.41, 5.74) is 0. The minimum absolute atomic E-state index is 0.358. The average molecular weight is 253 g/mol. The van der Waals surface area contributed by atoms with Crippen LogP contribution in [0.3, 0.4) is 0 Å². The predicted molar refractivity (Wildman–Crippen MR) is 73.2 cm³/mol. The van der Waals surface area contributed by atoms with Gasteiger partial charge in [0.15, 0.2) is 0 Å². The van der Waals surface area contributed by atoms with Gasteiger partial charge in [0.2, 0.25) is 11.9 Å². The summed E-state index contributed by atoms with van der Waals surface area (Å²) in [4.78, 5) is 12.7. The third kappa shape index (κ3) is 4.35. The summed E-state index contributed by atoms with van der Waals surface area (Å²) >= 11 is 0. The molecule has 0 saturated carbocycles. The Hall–Kier alpha value is -1.59. The van der Waals surface area contributed by atoms with E-state index in [0.717, 1.165) is 19.4 Å². The number of anilines is 2. The molecule has 0 aliphatic heterocycles. The van der Waals surface area contributed by atoms with Gasteiger partial charge in [-0.15, -0.1) is 0 Å². The van der Waals surface area contributed by atoms with Gasteiger partial charge in [-0.2, -0.15) is 15.0 Å². The average Bonchev–Trinajstić information content (AvgIpc) is 2.36. The van der Waals surface area contributed by atoms with Crippen LogP contribution in [0.4, 0.5) is 11.9 Å². The fourth-order valence-corrected chi connectivity index (χ4v) is 1.53. The zero-order chi connectivity index (χ0) is 13.4. The number of ether oxygens (including phenoxy) is 1. The number of aromatic nitrogens is 3. The lowest BCUT2D eigenvalue weighted by atomic mass is 10.2. The Morgan fingerprint density at radius 3 is 2.22 bits per heavy atom. The van der Waals surface area contributed by atoms with E-state index in [9.17, 15) is 0 Å². The van der Waals surface area contributed by atoms with Gasteiger partial charge in [0.25, 0.3) is 0 Å². The third-order valence-electron chi connectivity index (χ3n) is 2.54. The molecule has 0 fully saturated rings. The highest BCUT2D eigenvalue weighted by Gasteiger charge is 2.10. The fourth-order valence-electron chi connectivity index (χ4n) is 1.53. The van der Waals surface area contributed by atoms with E-state index in [1.54, 1.807) is 0 Å². The van der Waals surface area contributed by atoms with Gasteiger partial charge in [-0.3, -0.25) is 0 Å². The highest BCUT2D eigenvalue weighted by Crippen LogP contribution is 2.13. The maximum atomic E-state index is 5.34. The molecule has 18 heavy (non-hydrogen) atoms. The van der Waals surface area contributed by atoms with Crippen LogP contribution < -0.4 is 15.4 Å². The Morgan fingerprint density at radius 2 is 1.67 bits per heavy atom. The van der Waals surface area contributed by atoms with Crippen LogP contribution in [0.25, 0.3) is 0 Å². The van der Waals surface area contributed by atoms with Gasteiger partial charge in [-0.25, -0.2) is 0 Å². The van der Waals surface area contributed by atoms with Crippen LogP contribution in [0.1, 0.15) is 40.5 Å². The Bertz CT molecular complexity index is 330. The van der Waals surface area contributed by atoms with Crippen molar-refractivity contribution in [2.45, 2.75) is 46.6 Å². The second-order valence-corrected chi connectivity index (χ2v) is 3.89. The normalized spacial score (nSPS) is 10.5. The van der Waals surface area contributed by atoms with E-state index in [2.05, 4.69) is 39.4 Å². The molecule has 0 aliphatic carbocycles. The third-order valence-corrected chi connectivity index (χ3v) is 2.54. The van der Waals surface area contributed by atoms with Gasteiger partial charge < -0.3 is 15.4 Å². The van der Waals surface area contributed by atoms with E-state index in [-0.39, 0.29) is 0 Å². The van der Waals surface area contributed by atoms with Gasteiger partial charge in [-0.05, 0) is 26.7 Å². The zero-order valence-corrected chi connectivity index (χ0v) is 11.7. The van der Waals surface area contributed by atoms with Crippen LogP contribution in [0.2, 0.25) is 0 Å². The van der Waals surface area contributed by atoms with Crippen molar-refractivity contribution in [3.63, 3.8) is 0 Å². The van der Waals surface area contributed by atoms with E-state index in [4.69, 9.17) is 4.74 Å². The first-order valence-electron chi connectivity index (χ1n) is 6.62. The van der Waals surface area contributed by atoms with Crippen molar-refractivity contribution in [1.82, 2.24) is 15.0 Å². The monoisotopic (exact) mass is 253 g/mol. The molecule has 102 valence electrons. The smallest absolute Gasteiger partial charge is 0.323 e. The Kier molecular flexibility index (Phi) is 6.18. The van der Waals surface area contributed by atoms with E-state index < -0.39 is 0 Å². The lowest BCUT2D eigenvalue weighted by molar-refractivity contribution is 0.312. The van der Waals surface area contributed by atoms with Gasteiger partial charge in [0.05, 0.1) is 6.61 Å². The molecule has 0 aliphatic rings. The summed E-state index contributed by atoms with van der Waals surface area (Å²) in [6.45, 7) is 9.48. The maximum absolute atomic E-state index is 5.34. The molecular formula is C12H23N5O. The summed E-state index contributed by atoms with van der Waals surface area (Å²) in [5, 5.41) is 6.37. The molecule has 0 saturated heterocycles. The van der Waals surface area contributed by atoms with Crippen LogP contribution in [0.5, 0.6) is 6.01 Å². The predicted octanol–water partition coefficient (Wildman–Crippen LogP) is 2.30. The zero-order valence-electron chi connectivity index (χ0n) is 11.7. The molecule has 0 bridgehead atoms. The summed E-state index contributed by atoms with van der Waals surface area (Å²) in [6, 6.07) is 0.730. The SMILES string of the molecule is CCNc1nc(NC(CC)CC)nc(OCC)n1. The second-order valence-electron chi connectivity index (χ2n) is 3.89. The van der Waals surface area contributed by atoms with Gasteiger partial charge in [0.1, 0.15) is 0 Å². The molecule has 0 aromatic carbocycles. The molecule has 2 N–H and O–H groups in total. The molecular weight excluding hydrogens is 230 g/mol. The quantitative estimate of drug-likeness (QED) is 0.740. The van der Waals surface area contributed by atoms with Crippen LogP contribution >= 0.6 is 0 Å². The van der Waals surface area contributed by atoms with Crippen LogP contribution in [-0.2, 0) is 0 Å².